The summed E-state index contributed by atoms with van der Waals surface area (Å²) < 4.78 is 42.6. The van der Waals surface area contributed by atoms with Crippen LogP contribution in [0, 0.1) is 0 Å². The van der Waals surface area contributed by atoms with Crippen LogP contribution in [0.15, 0.2) is 18.2 Å². The molecule has 0 spiro atoms. The molecule has 19 heavy (non-hydrogen) atoms. The number of nitrogens with one attached hydrogen (secondary N) is 1. The Morgan fingerprint density at radius 1 is 1.32 bits per heavy atom. The molecule has 0 bridgehead atoms. The van der Waals surface area contributed by atoms with Gasteiger partial charge >= 0.3 is 6.18 Å². The highest BCUT2D eigenvalue weighted by Gasteiger charge is 2.33. The monoisotopic (exact) mass is 276 g/mol. The molecule has 0 aromatic carbocycles. The zero-order valence-corrected chi connectivity index (χ0v) is 10.2. The number of aliphatic hydroxyl groups is 1. The summed E-state index contributed by atoms with van der Waals surface area (Å²) in [6, 6.07) is 3.64. The highest BCUT2D eigenvalue weighted by Crippen LogP contribution is 2.28. The van der Waals surface area contributed by atoms with Gasteiger partial charge in [0.2, 0.25) is 0 Å². The third-order valence-corrected chi connectivity index (χ3v) is 3.06. The molecule has 7 heteroatoms. The normalized spacial score (nSPS) is 19.2. The summed E-state index contributed by atoms with van der Waals surface area (Å²) in [5.41, 5.74) is -1.90. The van der Waals surface area contributed by atoms with E-state index in [0.717, 1.165) is 6.07 Å². The molecule has 1 saturated heterocycles. The Labute approximate surface area is 108 Å². The molecular weight excluding hydrogens is 261 g/mol. The lowest BCUT2D eigenvalue weighted by Gasteiger charge is -2.32. The minimum atomic E-state index is -4.47. The van der Waals surface area contributed by atoms with Crippen molar-refractivity contribution in [3.8, 4) is 0 Å². The van der Waals surface area contributed by atoms with Crippen molar-refractivity contribution in [2.24, 2.45) is 0 Å². The van der Waals surface area contributed by atoms with Crippen molar-refractivity contribution in [2.75, 3.05) is 25.1 Å². The summed E-state index contributed by atoms with van der Waals surface area (Å²) in [5, 5.41) is 12.9. The molecule has 0 aliphatic carbocycles. The molecule has 1 aliphatic heterocycles. The molecule has 2 heterocycles. The maximum Gasteiger partial charge on any atom is 0.433 e. The van der Waals surface area contributed by atoms with E-state index in [2.05, 4.69) is 10.3 Å². The van der Waals surface area contributed by atoms with Gasteiger partial charge in [0.15, 0.2) is 0 Å². The number of hydrogen-bond donors (Lipinski definition) is 2. The quantitative estimate of drug-likeness (QED) is 0.887. The summed E-state index contributed by atoms with van der Waals surface area (Å²) in [5.74, 6) is 0.106. The molecule has 0 saturated carbocycles. The van der Waals surface area contributed by atoms with E-state index < -0.39 is 17.5 Å². The largest absolute Gasteiger partial charge is 0.433 e. The van der Waals surface area contributed by atoms with E-state index in [-0.39, 0.29) is 12.4 Å². The van der Waals surface area contributed by atoms with Crippen LogP contribution in [0.1, 0.15) is 18.5 Å². The lowest BCUT2D eigenvalue weighted by molar-refractivity contribution is -0.141. The van der Waals surface area contributed by atoms with Gasteiger partial charge in [0, 0.05) is 32.6 Å². The minimum absolute atomic E-state index is 0.106. The van der Waals surface area contributed by atoms with E-state index in [4.69, 9.17) is 4.74 Å². The second-order valence-electron chi connectivity index (χ2n) is 4.60. The van der Waals surface area contributed by atoms with Gasteiger partial charge in [-0.3, -0.25) is 0 Å². The Hall–Kier alpha value is -1.34. The third kappa shape index (κ3) is 3.81. The second-order valence-corrected chi connectivity index (χ2v) is 4.60. The molecular formula is C12H15F3N2O2. The van der Waals surface area contributed by atoms with Gasteiger partial charge in [0.05, 0.1) is 5.60 Å². The number of pyridine rings is 1. The van der Waals surface area contributed by atoms with Gasteiger partial charge < -0.3 is 15.2 Å². The number of ether oxygens (including phenoxy) is 1. The number of nitrogens with zero attached hydrogens (tertiary/aromatic N) is 1. The van der Waals surface area contributed by atoms with E-state index in [1.807, 2.05) is 0 Å². The molecule has 4 nitrogen and oxygen atoms in total. The number of rotatable bonds is 3. The number of halogens is 3. The van der Waals surface area contributed by atoms with E-state index in [1.165, 1.54) is 12.1 Å². The number of anilines is 1. The average Bonchev–Trinajstić information content (AvgIpc) is 2.37. The van der Waals surface area contributed by atoms with Gasteiger partial charge in [-0.05, 0) is 12.1 Å². The summed E-state index contributed by atoms with van der Waals surface area (Å²) in [4.78, 5) is 3.48. The molecule has 106 valence electrons. The van der Waals surface area contributed by atoms with Crippen LogP contribution in [0.5, 0.6) is 0 Å². The molecule has 1 aliphatic rings. The maximum atomic E-state index is 12.5. The van der Waals surface area contributed by atoms with Gasteiger partial charge in [0.25, 0.3) is 0 Å². The van der Waals surface area contributed by atoms with Crippen LogP contribution in [0.25, 0.3) is 0 Å². The molecule has 0 amide bonds. The fraction of sp³-hybridized carbons (Fsp3) is 0.583. The Balaban J connectivity index is 1.99. The van der Waals surface area contributed by atoms with Crippen LogP contribution in [-0.4, -0.2) is 35.5 Å². The molecule has 1 fully saturated rings. The first-order valence-electron chi connectivity index (χ1n) is 5.97. The molecule has 2 rings (SSSR count). The predicted molar refractivity (Wildman–Crippen MR) is 62.7 cm³/mol. The molecule has 1 aromatic rings. The molecule has 1 aromatic heterocycles. The summed E-state index contributed by atoms with van der Waals surface area (Å²) in [7, 11) is 0. The van der Waals surface area contributed by atoms with Crippen molar-refractivity contribution in [3.05, 3.63) is 23.9 Å². The number of aromatic nitrogens is 1. The Morgan fingerprint density at radius 3 is 2.63 bits per heavy atom. The van der Waals surface area contributed by atoms with Gasteiger partial charge in [-0.25, -0.2) is 4.98 Å². The molecule has 0 unspecified atom stereocenters. The molecule has 2 N–H and O–H groups in total. The van der Waals surface area contributed by atoms with Gasteiger partial charge in [-0.1, -0.05) is 6.07 Å². The van der Waals surface area contributed by atoms with Crippen molar-refractivity contribution in [1.82, 2.24) is 4.98 Å². The highest BCUT2D eigenvalue weighted by atomic mass is 19.4. The lowest BCUT2D eigenvalue weighted by Crippen LogP contribution is -2.42. The fourth-order valence-corrected chi connectivity index (χ4v) is 1.87. The second kappa shape index (κ2) is 5.34. The van der Waals surface area contributed by atoms with Crippen LogP contribution in [0.3, 0.4) is 0 Å². The van der Waals surface area contributed by atoms with E-state index in [9.17, 15) is 18.3 Å². The summed E-state index contributed by atoms with van der Waals surface area (Å²) in [6.45, 7) is 1.06. The standard InChI is InChI=1S/C12H15F3N2O2/c13-12(14,15)9-2-1-3-10(17-9)16-8-11(18)4-6-19-7-5-11/h1-3,18H,4-8H2,(H,16,17). The van der Waals surface area contributed by atoms with Gasteiger partial charge in [0.1, 0.15) is 11.5 Å². The van der Waals surface area contributed by atoms with Crippen molar-refractivity contribution in [1.29, 1.82) is 0 Å². The van der Waals surface area contributed by atoms with Gasteiger partial charge in [-0.15, -0.1) is 0 Å². The average molecular weight is 276 g/mol. The summed E-state index contributed by atoms with van der Waals surface area (Å²) >= 11 is 0. The van der Waals surface area contributed by atoms with Crippen molar-refractivity contribution in [3.63, 3.8) is 0 Å². The van der Waals surface area contributed by atoms with Crippen LogP contribution in [0.2, 0.25) is 0 Å². The minimum Gasteiger partial charge on any atom is -0.388 e. The fourth-order valence-electron chi connectivity index (χ4n) is 1.87. The van der Waals surface area contributed by atoms with Crippen molar-refractivity contribution >= 4 is 5.82 Å². The Kier molecular flexibility index (Phi) is 3.96. The lowest BCUT2D eigenvalue weighted by atomic mass is 9.94. The van der Waals surface area contributed by atoms with E-state index >= 15 is 0 Å². The molecule has 0 radical (unpaired) electrons. The topological polar surface area (TPSA) is 54.4 Å². The number of alkyl halides is 3. The zero-order valence-electron chi connectivity index (χ0n) is 10.2. The van der Waals surface area contributed by atoms with Crippen LogP contribution < -0.4 is 5.32 Å². The zero-order chi connectivity index (χ0) is 13.9. The highest BCUT2D eigenvalue weighted by molar-refractivity contribution is 5.36. The maximum absolute atomic E-state index is 12.5. The van der Waals surface area contributed by atoms with E-state index in [0.29, 0.717) is 26.1 Å². The van der Waals surface area contributed by atoms with Crippen LogP contribution in [0.4, 0.5) is 19.0 Å². The first-order valence-corrected chi connectivity index (χ1v) is 5.97. The van der Waals surface area contributed by atoms with E-state index in [1.54, 1.807) is 0 Å². The van der Waals surface area contributed by atoms with Crippen molar-refractivity contribution < 1.29 is 23.0 Å². The smallest absolute Gasteiger partial charge is 0.388 e. The Morgan fingerprint density at radius 2 is 2.00 bits per heavy atom. The Bertz CT molecular complexity index is 431. The first kappa shape index (κ1) is 14.1. The predicted octanol–water partition coefficient (Wildman–Crippen LogP) is 2.05. The van der Waals surface area contributed by atoms with Crippen LogP contribution >= 0.6 is 0 Å². The third-order valence-electron chi connectivity index (χ3n) is 3.06. The first-order chi connectivity index (χ1) is 8.89. The SMILES string of the molecule is OC1(CNc2cccc(C(F)(F)F)n2)CCOCC1. The van der Waals surface area contributed by atoms with Crippen molar-refractivity contribution in [2.45, 2.75) is 24.6 Å². The summed E-state index contributed by atoms with van der Waals surface area (Å²) in [6.07, 6.45) is -3.55. The van der Waals surface area contributed by atoms with Gasteiger partial charge in [-0.2, -0.15) is 13.2 Å². The number of hydrogen-bond acceptors (Lipinski definition) is 4. The van der Waals surface area contributed by atoms with Crippen LogP contribution in [-0.2, 0) is 10.9 Å². The molecule has 0 atom stereocenters.